The first-order chi connectivity index (χ1) is 13.4. The number of hydrogen-bond acceptors (Lipinski definition) is 5. The third-order valence-electron chi connectivity index (χ3n) is 4.36. The molecule has 0 atom stereocenters. The Morgan fingerprint density at radius 2 is 1.86 bits per heavy atom. The minimum atomic E-state index is -3.95. The molecule has 0 aromatic heterocycles. The summed E-state index contributed by atoms with van der Waals surface area (Å²) in [5.74, 6) is -0.791. The van der Waals surface area contributed by atoms with Crippen LogP contribution in [-0.4, -0.2) is 52.6 Å². The van der Waals surface area contributed by atoms with E-state index in [1.54, 1.807) is 29.2 Å². The van der Waals surface area contributed by atoms with E-state index >= 15 is 0 Å². The van der Waals surface area contributed by atoms with Crippen molar-refractivity contribution in [2.24, 2.45) is 0 Å². The number of anilines is 1. The molecular formula is C19H21FN2O5S. The van der Waals surface area contributed by atoms with Gasteiger partial charge >= 0.3 is 0 Å². The van der Waals surface area contributed by atoms with Crippen molar-refractivity contribution in [1.82, 2.24) is 4.90 Å². The molecule has 3 rings (SSSR count). The largest absolute Gasteiger partial charge is 0.494 e. The molecule has 1 amide bonds. The second-order valence-electron chi connectivity index (χ2n) is 6.27. The van der Waals surface area contributed by atoms with E-state index in [0.29, 0.717) is 32.0 Å². The Bertz CT molecular complexity index is 941. The standard InChI is InChI=1S/C19H21FN2O5S/c1-26-18-7-6-16(13-17(18)20)28(24,25)21-15-4-2-14(3-5-15)12-19(23)22-8-10-27-11-9-22/h2-7,13,21H,8-12H2,1H3. The Hall–Kier alpha value is -2.65. The molecule has 1 fully saturated rings. The highest BCUT2D eigenvalue weighted by molar-refractivity contribution is 7.92. The van der Waals surface area contributed by atoms with Gasteiger partial charge in [-0.15, -0.1) is 0 Å². The lowest BCUT2D eigenvalue weighted by Gasteiger charge is -2.26. The van der Waals surface area contributed by atoms with E-state index in [-0.39, 0.29) is 23.0 Å². The lowest BCUT2D eigenvalue weighted by molar-refractivity contribution is -0.134. The highest BCUT2D eigenvalue weighted by atomic mass is 32.2. The van der Waals surface area contributed by atoms with Crippen LogP contribution in [0.15, 0.2) is 47.4 Å². The quantitative estimate of drug-likeness (QED) is 0.791. The maximum absolute atomic E-state index is 13.8. The highest BCUT2D eigenvalue weighted by Gasteiger charge is 2.18. The topological polar surface area (TPSA) is 84.9 Å². The van der Waals surface area contributed by atoms with Gasteiger partial charge in [-0.3, -0.25) is 9.52 Å². The van der Waals surface area contributed by atoms with Crippen molar-refractivity contribution >= 4 is 21.6 Å². The van der Waals surface area contributed by atoms with Crippen molar-refractivity contribution in [1.29, 1.82) is 0 Å². The summed E-state index contributed by atoms with van der Waals surface area (Å²) in [7, 11) is -2.65. The average Bonchev–Trinajstić information content (AvgIpc) is 2.70. The Labute approximate surface area is 163 Å². The Kier molecular flexibility index (Phi) is 6.15. The molecule has 0 saturated carbocycles. The fourth-order valence-corrected chi connectivity index (χ4v) is 3.89. The highest BCUT2D eigenvalue weighted by Crippen LogP contribution is 2.23. The number of benzene rings is 2. The molecule has 150 valence electrons. The summed E-state index contributed by atoms with van der Waals surface area (Å²) < 4.78 is 51.1. The predicted octanol–water partition coefficient (Wildman–Crippen LogP) is 2.04. The van der Waals surface area contributed by atoms with Crippen LogP contribution >= 0.6 is 0 Å². The van der Waals surface area contributed by atoms with Crippen LogP contribution in [0.25, 0.3) is 0 Å². The number of nitrogens with one attached hydrogen (secondary N) is 1. The molecule has 0 radical (unpaired) electrons. The monoisotopic (exact) mass is 408 g/mol. The summed E-state index contributed by atoms with van der Waals surface area (Å²) in [6, 6.07) is 9.93. The molecule has 2 aromatic carbocycles. The van der Waals surface area contributed by atoms with Crippen LogP contribution in [0.2, 0.25) is 0 Å². The van der Waals surface area contributed by atoms with Gasteiger partial charge in [0.15, 0.2) is 11.6 Å². The molecule has 0 aliphatic carbocycles. The lowest BCUT2D eigenvalue weighted by Crippen LogP contribution is -2.41. The molecule has 28 heavy (non-hydrogen) atoms. The third-order valence-corrected chi connectivity index (χ3v) is 5.74. The van der Waals surface area contributed by atoms with Gasteiger partial charge in [0.25, 0.3) is 10.0 Å². The fraction of sp³-hybridized carbons (Fsp3) is 0.316. The number of halogens is 1. The van der Waals surface area contributed by atoms with Crippen LogP contribution in [0.5, 0.6) is 5.75 Å². The van der Waals surface area contributed by atoms with Gasteiger partial charge in [-0.05, 0) is 35.9 Å². The molecule has 1 aliphatic heterocycles. The third kappa shape index (κ3) is 4.79. The van der Waals surface area contributed by atoms with Gasteiger partial charge in [0.1, 0.15) is 0 Å². The first-order valence-electron chi connectivity index (χ1n) is 8.70. The summed E-state index contributed by atoms with van der Waals surface area (Å²) >= 11 is 0. The van der Waals surface area contributed by atoms with Crippen molar-refractivity contribution in [3.8, 4) is 5.75 Å². The second-order valence-corrected chi connectivity index (χ2v) is 7.95. The zero-order valence-corrected chi connectivity index (χ0v) is 16.2. The van der Waals surface area contributed by atoms with Crippen molar-refractivity contribution < 1.29 is 27.1 Å². The molecule has 1 aliphatic rings. The van der Waals surface area contributed by atoms with Gasteiger partial charge in [-0.1, -0.05) is 12.1 Å². The van der Waals surface area contributed by atoms with Crippen LogP contribution in [0, 0.1) is 5.82 Å². The van der Waals surface area contributed by atoms with Crippen molar-refractivity contribution in [3.05, 3.63) is 53.8 Å². The molecule has 0 unspecified atom stereocenters. The van der Waals surface area contributed by atoms with Crippen molar-refractivity contribution in [3.63, 3.8) is 0 Å². The lowest BCUT2D eigenvalue weighted by atomic mass is 10.1. The molecule has 0 spiro atoms. The summed E-state index contributed by atoms with van der Waals surface area (Å²) in [5, 5.41) is 0. The van der Waals surface area contributed by atoms with Crippen LogP contribution in [0.4, 0.5) is 10.1 Å². The minimum Gasteiger partial charge on any atom is -0.494 e. The molecule has 2 aromatic rings. The van der Waals surface area contributed by atoms with Crippen molar-refractivity contribution in [2.45, 2.75) is 11.3 Å². The SMILES string of the molecule is COc1ccc(S(=O)(=O)Nc2ccc(CC(=O)N3CCOCC3)cc2)cc1F. The van der Waals surface area contributed by atoms with Gasteiger partial charge in [0, 0.05) is 18.8 Å². The maximum atomic E-state index is 13.8. The van der Waals surface area contributed by atoms with Gasteiger partial charge in [0.05, 0.1) is 31.6 Å². The van der Waals surface area contributed by atoms with E-state index in [1.165, 1.54) is 19.2 Å². The van der Waals surface area contributed by atoms with E-state index in [2.05, 4.69) is 4.72 Å². The van der Waals surface area contributed by atoms with E-state index in [9.17, 15) is 17.6 Å². The first kappa shape index (κ1) is 20.1. The molecule has 7 nitrogen and oxygen atoms in total. The number of amides is 1. The number of sulfonamides is 1. The first-order valence-corrected chi connectivity index (χ1v) is 10.2. The number of methoxy groups -OCH3 is 1. The minimum absolute atomic E-state index is 0.00494. The van der Waals surface area contributed by atoms with Gasteiger partial charge in [0.2, 0.25) is 5.91 Å². The predicted molar refractivity (Wildman–Crippen MR) is 101 cm³/mol. The van der Waals surface area contributed by atoms with E-state index in [0.717, 1.165) is 11.6 Å². The molecule has 1 heterocycles. The molecule has 1 N–H and O–H groups in total. The van der Waals surface area contributed by atoms with Crippen LogP contribution in [0.3, 0.4) is 0 Å². The van der Waals surface area contributed by atoms with Gasteiger partial charge in [-0.2, -0.15) is 0 Å². The molecule has 9 heteroatoms. The Morgan fingerprint density at radius 1 is 1.18 bits per heavy atom. The number of ether oxygens (including phenoxy) is 2. The van der Waals surface area contributed by atoms with Gasteiger partial charge in [-0.25, -0.2) is 12.8 Å². The average molecular weight is 408 g/mol. The number of carbonyl (C=O) groups excluding carboxylic acids is 1. The second kappa shape index (κ2) is 8.57. The summed E-state index contributed by atoms with van der Waals surface area (Å²) in [4.78, 5) is 13.8. The van der Waals surface area contributed by atoms with E-state index in [1.807, 2.05) is 0 Å². The zero-order valence-electron chi connectivity index (χ0n) is 15.4. The van der Waals surface area contributed by atoms with Gasteiger partial charge < -0.3 is 14.4 Å². The van der Waals surface area contributed by atoms with E-state index in [4.69, 9.17) is 9.47 Å². The maximum Gasteiger partial charge on any atom is 0.262 e. The normalized spacial score (nSPS) is 14.6. The smallest absolute Gasteiger partial charge is 0.262 e. The fourth-order valence-electron chi connectivity index (χ4n) is 2.82. The number of hydrogen-bond donors (Lipinski definition) is 1. The Morgan fingerprint density at radius 3 is 2.46 bits per heavy atom. The number of nitrogens with zero attached hydrogens (tertiary/aromatic N) is 1. The molecule has 1 saturated heterocycles. The number of carbonyl (C=O) groups is 1. The summed E-state index contributed by atoms with van der Waals surface area (Å²) in [5.41, 5.74) is 1.09. The van der Waals surface area contributed by atoms with Crippen molar-refractivity contribution in [2.75, 3.05) is 38.1 Å². The molecular weight excluding hydrogens is 387 g/mol. The Balaban J connectivity index is 1.66. The summed E-state index contributed by atoms with van der Waals surface area (Å²) in [6.07, 6.45) is 0.233. The van der Waals surface area contributed by atoms with Crippen LogP contribution in [0.1, 0.15) is 5.56 Å². The number of rotatable bonds is 6. The molecule has 0 bridgehead atoms. The van der Waals surface area contributed by atoms with Crippen LogP contribution in [-0.2, 0) is 26.0 Å². The van der Waals surface area contributed by atoms with E-state index < -0.39 is 15.8 Å². The number of morpholine rings is 1. The summed E-state index contributed by atoms with van der Waals surface area (Å²) in [6.45, 7) is 2.24. The van der Waals surface area contributed by atoms with Crippen LogP contribution < -0.4 is 9.46 Å². The zero-order chi connectivity index (χ0) is 20.1.